The van der Waals surface area contributed by atoms with Crippen LogP contribution < -0.4 is 10.6 Å². The molecule has 1 saturated heterocycles. The van der Waals surface area contributed by atoms with E-state index in [-0.39, 0.29) is 23.8 Å². The molecule has 1 aliphatic rings. The fraction of sp³-hybridized carbons (Fsp3) is 0.600. The predicted octanol–water partition coefficient (Wildman–Crippen LogP) is 2.28. The summed E-state index contributed by atoms with van der Waals surface area (Å²) in [5, 5.41) is 9.76. The van der Waals surface area contributed by atoms with Crippen LogP contribution in [-0.4, -0.2) is 30.3 Å². The van der Waals surface area contributed by atoms with Crippen LogP contribution in [0, 0.1) is 17.6 Å². The number of halogens is 2. The van der Waals surface area contributed by atoms with Crippen molar-refractivity contribution in [1.29, 1.82) is 0 Å². The Kier molecular flexibility index (Phi) is 4.94. The highest BCUT2D eigenvalue weighted by atomic mass is 19.2. The largest absolute Gasteiger partial charge is 0.393 e. The summed E-state index contributed by atoms with van der Waals surface area (Å²) in [6, 6.07) is 4.11. The van der Waals surface area contributed by atoms with Crippen molar-refractivity contribution in [2.75, 3.05) is 18.0 Å². The third-order valence-corrected chi connectivity index (χ3v) is 3.92. The van der Waals surface area contributed by atoms with Crippen LogP contribution in [0.2, 0.25) is 0 Å². The van der Waals surface area contributed by atoms with Gasteiger partial charge in [0.05, 0.1) is 11.8 Å². The highest BCUT2D eigenvalue weighted by Crippen LogP contribution is 2.28. The Morgan fingerprint density at radius 2 is 2.15 bits per heavy atom. The van der Waals surface area contributed by atoms with E-state index in [1.165, 1.54) is 6.07 Å². The maximum atomic E-state index is 13.9. The Hall–Kier alpha value is -1.20. The van der Waals surface area contributed by atoms with Gasteiger partial charge in [0.25, 0.3) is 0 Å². The van der Waals surface area contributed by atoms with Gasteiger partial charge in [0.15, 0.2) is 11.6 Å². The van der Waals surface area contributed by atoms with Gasteiger partial charge in [0.2, 0.25) is 0 Å². The molecule has 1 heterocycles. The van der Waals surface area contributed by atoms with Gasteiger partial charge in [-0.1, -0.05) is 13.0 Å². The van der Waals surface area contributed by atoms with Crippen LogP contribution in [0.25, 0.3) is 0 Å². The van der Waals surface area contributed by atoms with Crippen molar-refractivity contribution in [2.24, 2.45) is 11.7 Å². The molecule has 0 amide bonds. The van der Waals surface area contributed by atoms with Gasteiger partial charge in [-0.3, -0.25) is 0 Å². The van der Waals surface area contributed by atoms with E-state index in [2.05, 4.69) is 0 Å². The molecule has 0 spiro atoms. The summed E-state index contributed by atoms with van der Waals surface area (Å²) < 4.78 is 27.2. The average molecular weight is 284 g/mol. The minimum atomic E-state index is -0.841. The molecular formula is C15H22F2N2O. The lowest BCUT2D eigenvalue weighted by molar-refractivity contribution is 0.131. The molecule has 2 rings (SSSR count). The van der Waals surface area contributed by atoms with Crippen molar-refractivity contribution in [2.45, 2.75) is 38.3 Å². The summed E-state index contributed by atoms with van der Waals surface area (Å²) >= 11 is 0. The second-order valence-electron chi connectivity index (χ2n) is 5.64. The van der Waals surface area contributed by atoms with Crippen molar-refractivity contribution < 1.29 is 13.9 Å². The van der Waals surface area contributed by atoms with E-state index in [1.54, 1.807) is 11.0 Å². The maximum Gasteiger partial charge on any atom is 0.182 e. The monoisotopic (exact) mass is 284 g/mol. The zero-order valence-corrected chi connectivity index (χ0v) is 11.7. The molecule has 3 nitrogen and oxygen atoms in total. The molecule has 112 valence electrons. The number of nitrogens with zero attached hydrogens (tertiary/aromatic N) is 1. The van der Waals surface area contributed by atoms with Crippen LogP contribution in [0.5, 0.6) is 0 Å². The van der Waals surface area contributed by atoms with Crippen molar-refractivity contribution in [3.05, 3.63) is 29.8 Å². The highest BCUT2D eigenvalue weighted by Gasteiger charge is 2.28. The van der Waals surface area contributed by atoms with Gasteiger partial charge in [-0.15, -0.1) is 0 Å². The lowest BCUT2D eigenvalue weighted by Gasteiger charge is -2.38. The van der Waals surface area contributed by atoms with Crippen LogP contribution in [0.3, 0.4) is 0 Å². The quantitative estimate of drug-likeness (QED) is 0.892. The fourth-order valence-electron chi connectivity index (χ4n) is 2.90. The van der Waals surface area contributed by atoms with E-state index in [0.717, 1.165) is 12.5 Å². The third kappa shape index (κ3) is 3.46. The molecule has 3 unspecified atom stereocenters. The van der Waals surface area contributed by atoms with Crippen LogP contribution in [0.4, 0.5) is 14.5 Å². The van der Waals surface area contributed by atoms with Gasteiger partial charge in [-0.2, -0.15) is 0 Å². The minimum absolute atomic E-state index is 0.0829. The smallest absolute Gasteiger partial charge is 0.182 e. The first-order chi connectivity index (χ1) is 9.51. The van der Waals surface area contributed by atoms with Gasteiger partial charge in [-0.05, 0) is 37.3 Å². The lowest BCUT2D eigenvalue weighted by Crippen LogP contribution is -2.48. The van der Waals surface area contributed by atoms with E-state index >= 15 is 0 Å². The van der Waals surface area contributed by atoms with Crippen LogP contribution in [-0.2, 0) is 0 Å². The van der Waals surface area contributed by atoms with Crippen LogP contribution >= 0.6 is 0 Å². The molecule has 20 heavy (non-hydrogen) atoms. The SMILES string of the molecule is CCC(O)CC1CC(N)CN(c2cccc(F)c2F)C1. The average Bonchev–Trinajstić information content (AvgIpc) is 2.41. The van der Waals surface area contributed by atoms with Crippen LogP contribution in [0.15, 0.2) is 18.2 Å². The minimum Gasteiger partial charge on any atom is -0.393 e. The van der Waals surface area contributed by atoms with Crippen molar-refractivity contribution in [3.63, 3.8) is 0 Å². The number of aliphatic hydroxyl groups excluding tert-OH is 1. The Balaban J connectivity index is 2.13. The fourth-order valence-corrected chi connectivity index (χ4v) is 2.90. The van der Waals surface area contributed by atoms with Gasteiger partial charge in [0.1, 0.15) is 0 Å². The number of rotatable bonds is 4. The first-order valence-electron chi connectivity index (χ1n) is 7.13. The number of hydrogen-bond acceptors (Lipinski definition) is 3. The summed E-state index contributed by atoms with van der Waals surface area (Å²) in [5.41, 5.74) is 6.28. The number of aliphatic hydroxyl groups is 1. The van der Waals surface area contributed by atoms with Crippen molar-refractivity contribution in [3.8, 4) is 0 Å². The Labute approximate surface area is 118 Å². The molecule has 0 radical (unpaired) electrons. The summed E-state index contributed by atoms with van der Waals surface area (Å²) in [6.45, 7) is 3.04. The highest BCUT2D eigenvalue weighted by molar-refractivity contribution is 5.48. The molecule has 1 fully saturated rings. The molecule has 0 saturated carbocycles. The predicted molar refractivity (Wildman–Crippen MR) is 75.6 cm³/mol. The lowest BCUT2D eigenvalue weighted by atomic mass is 9.89. The Morgan fingerprint density at radius 3 is 2.85 bits per heavy atom. The van der Waals surface area contributed by atoms with E-state index in [0.29, 0.717) is 25.9 Å². The summed E-state index contributed by atoms with van der Waals surface area (Å²) in [4.78, 5) is 1.79. The Bertz CT molecular complexity index is 455. The van der Waals surface area contributed by atoms with Gasteiger partial charge in [0, 0.05) is 19.1 Å². The Morgan fingerprint density at radius 1 is 1.40 bits per heavy atom. The van der Waals surface area contributed by atoms with E-state index in [4.69, 9.17) is 5.73 Å². The number of hydrogen-bond donors (Lipinski definition) is 2. The molecule has 1 aliphatic heterocycles. The van der Waals surface area contributed by atoms with Gasteiger partial charge >= 0.3 is 0 Å². The molecule has 1 aromatic rings. The molecule has 0 aromatic heterocycles. The first kappa shape index (κ1) is 15.2. The topological polar surface area (TPSA) is 49.5 Å². The standard InChI is InChI=1S/C15H22F2N2O/c1-2-12(20)7-10-6-11(18)9-19(8-10)14-5-3-4-13(16)15(14)17/h3-5,10-12,20H,2,6-9,18H2,1H3. The number of benzene rings is 1. The third-order valence-electron chi connectivity index (χ3n) is 3.92. The number of anilines is 1. The van der Waals surface area contributed by atoms with E-state index in [9.17, 15) is 13.9 Å². The maximum absolute atomic E-state index is 13.9. The molecule has 3 N–H and O–H groups in total. The van der Waals surface area contributed by atoms with E-state index < -0.39 is 11.6 Å². The second-order valence-corrected chi connectivity index (χ2v) is 5.64. The normalized spacial score (nSPS) is 24.8. The molecule has 0 bridgehead atoms. The van der Waals surface area contributed by atoms with Crippen molar-refractivity contribution >= 4 is 5.69 Å². The van der Waals surface area contributed by atoms with E-state index in [1.807, 2.05) is 6.92 Å². The molecule has 1 aromatic carbocycles. The molecule has 0 aliphatic carbocycles. The molecular weight excluding hydrogens is 262 g/mol. The zero-order valence-electron chi connectivity index (χ0n) is 11.7. The molecule has 5 heteroatoms. The van der Waals surface area contributed by atoms with Gasteiger partial charge in [-0.25, -0.2) is 8.78 Å². The second kappa shape index (κ2) is 6.50. The summed E-state index contributed by atoms with van der Waals surface area (Å²) in [6.07, 6.45) is 1.80. The summed E-state index contributed by atoms with van der Waals surface area (Å²) in [7, 11) is 0. The zero-order chi connectivity index (χ0) is 14.7. The van der Waals surface area contributed by atoms with Gasteiger partial charge < -0.3 is 15.7 Å². The van der Waals surface area contributed by atoms with Crippen molar-refractivity contribution in [1.82, 2.24) is 0 Å². The number of nitrogens with two attached hydrogens (primary N) is 1. The molecule has 3 atom stereocenters. The first-order valence-corrected chi connectivity index (χ1v) is 7.13. The van der Waals surface area contributed by atoms with Crippen LogP contribution in [0.1, 0.15) is 26.2 Å². The number of piperidine rings is 1. The summed E-state index contributed by atoms with van der Waals surface area (Å²) in [5.74, 6) is -1.46.